The summed E-state index contributed by atoms with van der Waals surface area (Å²) in [6, 6.07) is 19.9. The van der Waals surface area contributed by atoms with E-state index in [0.29, 0.717) is 32.5 Å². The van der Waals surface area contributed by atoms with Crippen molar-refractivity contribution >= 4 is 29.2 Å². The molecular weight excluding hydrogens is 371 g/mol. The third-order valence-electron chi connectivity index (χ3n) is 4.57. The van der Waals surface area contributed by atoms with Gasteiger partial charge in [0.05, 0.1) is 12.7 Å². The zero-order valence-corrected chi connectivity index (χ0v) is 15.3. The second-order valence-corrected chi connectivity index (χ2v) is 6.78. The molecule has 0 saturated heterocycles. The lowest BCUT2D eigenvalue weighted by Crippen LogP contribution is -2.30. The molecule has 4 rings (SSSR count). The molecule has 0 N–H and O–H groups in total. The van der Waals surface area contributed by atoms with Gasteiger partial charge in [0.25, 0.3) is 0 Å². The van der Waals surface area contributed by atoms with Crippen LogP contribution < -0.4 is 4.74 Å². The van der Waals surface area contributed by atoms with Crippen molar-refractivity contribution in [3.63, 3.8) is 0 Å². The molecule has 0 radical (unpaired) electrons. The van der Waals surface area contributed by atoms with Gasteiger partial charge in [-0.25, -0.2) is 4.79 Å². The van der Waals surface area contributed by atoms with Gasteiger partial charge in [-0.3, -0.25) is 0 Å². The Balaban J connectivity index is 2.12. The van der Waals surface area contributed by atoms with E-state index in [1.54, 1.807) is 37.4 Å². The van der Waals surface area contributed by atoms with Gasteiger partial charge in [0.2, 0.25) is 0 Å². The molecule has 1 atom stereocenters. The Kier molecular flexibility index (Phi) is 4.14. The third kappa shape index (κ3) is 2.39. The van der Waals surface area contributed by atoms with Gasteiger partial charge < -0.3 is 9.47 Å². The summed E-state index contributed by atoms with van der Waals surface area (Å²) in [5, 5.41) is 1.02. The summed E-state index contributed by atoms with van der Waals surface area (Å²) in [7, 11) is 1.55. The molecule has 0 fully saturated rings. The van der Waals surface area contributed by atoms with Crippen molar-refractivity contribution in [1.29, 1.82) is 0 Å². The van der Waals surface area contributed by atoms with Crippen molar-refractivity contribution < 1.29 is 14.3 Å². The molecule has 0 bridgehead atoms. The second-order valence-electron chi connectivity index (χ2n) is 5.94. The van der Waals surface area contributed by atoms with Crippen molar-refractivity contribution in [2.75, 3.05) is 7.11 Å². The minimum absolute atomic E-state index is 0.405. The quantitative estimate of drug-likeness (QED) is 0.562. The highest BCUT2D eigenvalue weighted by Gasteiger charge is 2.50. The number of fused-ring (bicyclic) bond motifs is 1. The second kappa shape index (κ2) is 6.35. The largest absolute Gasteiger partial charge is 0.496 e. The summed E-state index contributed by atoms with van der Waals surface area (Å²) >= 11 is 12.7. The van der Waals surface area contributed by atoms with Crippen LogP contribution in [0.15, 0.2) is 66.7 Å². The van der Waals surface area contributed by atoms with Gasteiger partial charge in [-0.2, -0.15) is 0 Å². The number of methoxy groups -OCH3 is 1. The van der Waals surface area contributed by atoms with E-state index in [4.69, 9.17) is 32.7 Å². The van der Waals surface area contributed by atoms with Crippen LogP contribution in [0, 0.1) is 0 Å². The number of carbonyl (C=O) groups is 1. The smallest absolute Gasteiger partial charge is 0.340 e. The van der Waals surface area contributed by atoms with Crippen molar-refractivity contribution in [1.82, 2.24) is 0 Å². The van der Waals surface area contributed by atoms with Crippen molar-refractivity contribution in [3.8, 4) is 5.75 Å². The van der Waals surface area contributed by atoms with Gasteiger partial charge in [-0.1, -0.05) is 59.6 Å². The van der Waals surface area contributed by atoms with E-state index in [2.05, 4.69) is 0 Å². The number of cyclic esters (lactones) is 1. The Labute approximate surface area is 161 Å². The SMILES string of the molecule is COc1cc(Cl)ccc1C1(c2ccccc2Cl)OC(=O)c2ccccc21. The maximum Gasteiger partial charge on any atom is 0.340 e. The third-order valence-corrected chi connectivity index (χ3v) is 5.13. The Morgan fingerprint density at radius 1 is 0.885 bits per heavy atom. The van der Waals surface area contributed by atoms with Crippen LogP contribution in [0.1, 0.15) is 27.0 Å². The van der Waals surface area contributed by atoms with Gasteiger partial charge in [0.1, 0.15) is 5.75 Å². The van der Waals surface area contributed by atoms with E-state index in [1.165, 1.54) is 0 Å². The Morgan fingerprint density at radius 2 is 1.58 bits per heavy atom. The van der Waals surface area contributed by atoms with E-state index in [1.807, 2.05) is 36.4 Å². The number of hydrogen-bond donors (Lipinski definition) is 0. The number of benzene rings is 3. The van der Waals surface area contributed by atoms with Crippen LogP contribution >= 0.6 is 23.2 Å². The lowest BCUT2D eigenvalue weighted by molar-refractivity contribution is 0.0245. The Morgan fingerprint density at radius 3 is 2.31 bits per heavy atom. The topological polar surface area (TPSA) is 35.5 Å². The van der Waals surface area contributed by atoms with Gasteiger partial charge in [-0.05, 0) is 30.3 Å². The minimum Gasteiger partial charge on any atom is -0.496 e. The predicted octanol–water partition coefficient (Wildman–Crippen LogP) is 5.46. The summed E-state index contributed by atoms with van der Waals surface area (Å²) in [6.07, 6.45) is 0. The minimum atomic E-state index is -1.21. The standard InChI is InChI=1S/C21H14Cl2O3/c1-25-19-12-13(22)10-11-17(19)21(16-8-4-5-9-18(16)23)15-7-3-2-6-14(15)20(24)26-21/h2-12H,1H3. The highest BCUT2D eigenvalue weighted by atomic mass is 35.5. The van der Waals surface area contributed by atoms with Crippen LogP contribution in [0.4, 0.5) is 0 Å². The fraction of sp³-hybridized carbons (Fsp3) is 0.0952. The summed E-state index contributed by atoms with van der Waals surface area (Å²) in [4.78, 5) is 12.7. The first kappa shape index (κ1) is 17.0. The van der Waals surface area contributed by atoms with Crippen LogP contribution in [-0.4, -0.2) is 13.1 Å². The average molecular weight is 385 g/mol. The zero-order chi connectivity index (χ0) is 18.3. The molecule has 0 amide bonds. The molecule has 3 aromatic rings. The molecule has 0 saturated carbocycles. The molecule has 3 nitrogen and oxygen atoms in total. The molecule has 1 heterocycles. The van der Waals surface area contributed by atoms with Crippen LogP contribution in [-0.2, 0) is 10.3 Å². The number of hydrogen-bond acceptors (Lipinski definition) is 3. The molecule has 26 heavy (non-hydrogen) atoms. The maximum absolute atomic E-state index is 12.7. The Hall–Kier alpha value is -2.49. The van der Waals surface area contributed by atoms with Gasteiger partial charge in [-0.15, -0.1) is 0 Å². The summed E-state index contributed by atoms with van der Waals surface area (Å²) in [6.45, 7) is 0. The molecule has 1 aliphatic rings. The van der Waals surface area contributed by atoms with Crippen LogP contribution in [0.25, 0.3) is 0 Å². The molecule has 0 aliphatic carbocycles. The van der Waals surface area contributed by atoms with E-state index in [0.717, 1.165) is 5.56 Å². The van der Waals surface area contributed by atoms with Gasteiger partial charge in [0.15, 0.2) is 5.60 Å². The van der Waals surface area contributed by atoms with Crippen LogP contribution in [0.5, 0.6) is 5.75 Å². The van der Waals surface area contributed by atoms with Crippen molar-refractivity contribution in [3.05, 3.63) is 99.0 Å². The number of ether oxygens (including phenoxy) is 2. The van der Waals surface area contributed by atoms with Crippen LogP contribution in [0.3, 0.4) is 0 Å². The van der Waals surface area contributed by atoms with Gasteiger partial charge >= 0.3 is 5.97 Å². The first-order valence-electron chi connectivity index (χ1n) is 8.00. The maximum atomic E-state index is 12.7. The molecule has 130 valence electrons. The van der Waals surface area contributed by atoms with E-state index in [-0.39, 0.29) is 0 Å². The summed E-state index contributed by atoms with van der Waals surface area (Å²) < 4.78 is 11.6. The Bertz CT molecular complexity index is 1020. The van der Waals surface area contributed by atoms with Gasteiger partial charge in [0, 0.05) is 26.7 Å². The fourth-order valence-electron chi connectivity index (χ4n) is 3.46. The lowest BCUT2D eigenvalue weighted by atomic mass is 9.79. The predicted molar refractivity (Wildman–Crippen MR) is 101 cm³/mol. The highest BCUT2D eigenvalue weighted by molar-refractivity contribution is 6.31. The molecule has 1 unspecified atom stereocenters. The number of halogens is 2. The number of carbonyl (C=O) groups excluding carboxylic acids is 1. The molecule has 5 heteroatoms. The molecule has 0 spiro atoms. The number of esters is 1. The monoisotopic (exact) mass is 384 g/mol. The fourth-order valence-corrected chi connectivity index (χ4v) is 3.90. The van der Waals surface area contributed by atoms with E-state index >= 15 is 0 Å². The first-order valence-corrected chi connectivity index (χ1v) is 8.75. The summed E-state index contributed by atoms with van der Waals surface area (Å²) in [5.74, 6) is 0.111. The summed E-state index contributed by atoms with van der Waals surface area (Å²) in [5.41, 5.74) is 1.35. The number of rotatable bonds is 3. The highest BCUT2D eigenvalue weighted by Crippen LogP contribution is 2.51. The average Bonchev–Trinajstić information content (AvgIpc) is 2.96. The molecular formula is C21H14Cl2O3. The van der Waals surface area contributed by atoms with E-state index < -0.39 is 11.6 Å². The lowest BCUT2D eigenvalue weighted by Gasteiger charge is -2.32. The zero-order valence-electron chi connectivity index (χ0n) is 13.8. The molecule has 3 aromatic carbocycles. The first-order chi connectivity index (χ1) is 12.6. The van der Waals surface area contributed by atoms with Crippen LogP contribution in [0.2, 0.25) is 10.0 Å². The molecule has 0 aromatic heterocycles. The van der Waals surface area contributed by atoms with E-state index in [9.17, 15) is 4.79 Å². The van der Waals surface area contributed by atoms with Crippen molar-refractivity contribution in [2.24, 2.45) is 0 Å². The molecule has 1 aliphatic heterocycles. The normalized spacial score (nSPS) is 18.3. The van der Waals surface area contributed by atoms with Crippen molar-refractivity contribution in [2.45, 2.75) is 5.60 Å².